The predicted molar refractivity (Wildman–Crippen MR) is 87.5 cm³/mol. The fourth-order valence-electron chi connectivity index (χ4n) is 3.50. The Labute approximate surface area is 130 Å². The Morgan fingerprint density at radius 2 is 1.95 bits per heavy atom. The van der Waals surface area contributed by atoms with Crippen LogP contribution in [0.4, 0.5) is 0 Å². The molecule has 0 aromatic heterocycles. The van der Waals surface area contributed by atoms with E-state index in [1.54, 1.807) is 5.57 Å². The van der Waals surface area contributed by atoms with Crippen molar-refractivity contribution in [2.24, 2.45) is 5.41 Å². The first-order valence-electron chi connectivity index (χ1n) is 8.81. The minimum absolute atomic E-state index is 0.343. The third kappa shape index (κ3) is 4.54. The average molecular weight is 292 g/mol. The fourth-order valence-corrected chi connectivity index (χ4v) is 3.50. The molecule has 1 saturated heterocycles. The number of hydrogen-bond acceptors (Lipinski definition) is 3. The highest BCUT2D eigenvalue weighted by atomic mass is 16.5. The lowest BCUT2D eigenvalue weighted by Gasteiger charge is -2.33. The van der Waals surface area contributed by atoms with Crippen LogP contribution in [0, 0.1) is 5.41 Å². The third-order valence-electron chi connectivity index (χ3n) is 5.13. The molecular weight excluding hydrogens is 260 g/mol. The van der Waals surface area contributed by atoms with Crippen LogP contribution in [0.1, 0.15) is 52.9 Å². The van der Waals surface area contributed by atoms with Gasteiger partial charge in [-0.3, -0.25) is 4.90 Å². The van der Waals surface area contributed by atoms with Crippen molar-refractivity contribution < 1.29 is 4.74 Å². The second-order valence-electron chi connectivity index (χ2n) is 8.13. The Balaban J connectivity index is 1.38. The highest BCUT2D eigenvalue weighted by Gasteiger charge is 2.30. The molecule has 0 amide bonds. The van der Waals surface area contributed by atoms with Gasteiger partial charge in [-0.25, -0.2) is 0 Å². The van der Waals surface area contributed by atoms with Gasteiger partial charge in [0.05, 0.1) is 12.2 Å². The monoisotopic (exact) mass is 292 g/mol. The van der Waals surface area contributed by atoms with Crippen molar-refractivity contribution in [1.82, 2.24) is 10.2 Å². The van der Waals surface area contributed by atoms with Crippen molar-refractivity contribution in [3.8, 4) is 0 Å². The molecule has 2 fully saturated rings. The van der Waals surface area contributed by atoms with Crippen molar-refractivity contribution in [2.75, 3.05) is 26.2 Å². The summed E-state index contributed by atoms with van der Waals surface area (Å²) < 4.78 is 6.21. The van der Waals surface area contributed by atoms with Gasteiger partial charge in [0.15, 0.2) is 0 Å². The summed E-state index contributed by atoms with van der Waals surface area (Å²) in [7, 11) is 0. The van der Waals surface area contributed by atoms with Gasteiger partial charge in [-0.2, -0.15) is 0 Å². The van der Waals surface area contributed by atoms with E-state index in [1.807, 2.05) is 0 Å². The van der Waals surface area contributed by atoms with Crippen LogP contribution in [0.3, 0.4) is 0 Å². The summed E-state index contributed by atoms with van der Waals surface area (Å²) in [4.78, 5) is 2.57. The second kappa shape index (κ2) is 6.39. The standard InChI is InChI=1S/C18H32N2O/c1-18(2,3)14-8-10-20(11-9-14)13-17-7-6-16(21-17)12-19-15-4-5-15/h8,15-17,19H,4-7,9-13H2,1-3H3. The molecule has 0 aromatic carbocycles. The molecule has 21 heavy (non-hydrogen) atoms. The quantitative estimate of drug-likeness (QED) is 0.789. The van der Waals surface area contributed by atoms with E-state index in [9.17, 15) is 0 Å². The molecular formula is C18H32N2O. The molecule has 0 spiro atoms. The number of ether oxygens (including phenoxy) is 1. The molecule has 0 aromatic rings. The van der Waals surface area contributed by atoms with Gasteiger partial charge in [-0.05, 0) is 37.5 Å². The van der Waals surface area contributed by atoms with Crippen LogP contribution in [0.5, 0.6) is 0 Å². The van der Waals surface area contributed by atoms with Gasteiger partial charge in [0, 0.05) is 32.2 Å². The van der Waals surface area contributed by atoms with Gasteiger partial charge in [0.1, 0.15) is 0 Å². The average Bonchev–Trinajstić information content (AvgIpc) is 3.16. The third-order valence-corrected chi connectivity index (χ3v) is 5.13. The molecule has 1 saturated carbocycles. The smallest absolute Gasteiger partial charge is 0.0707 e. The number of nitrogens with one attached hydrogen (secondary N) is 1. The van der Waals surface area contributed by atoms with Crippen LogP contribution in [0.15, 0.2) is 11.6 Å². The maximum atomic E-state index is 6.21. The molecule has 2 atom stereocenters. The van der Waals surface area contributed by atoms with Crippen molar-refractivity contribution in [3.63, 3.8) is 0 Å². The molecule has 1 N–H and O–H groups in total. The number of hydrogen-bond donors (Lipinski definition) is 1. The molecule has 120 valence electrons. The molecule has 0 bridgehead atoms. The Bertz CT molecular complexity index is 381. The fraction of sp³-hybridized carbons (Fsp3) is 0.889. The van der Waals surface area contributed by atoms with E-state index in [1.165, 1.54) is 38.6 Å². The van der Waals surface area contributed by atoms with Crippen LogP contribution in [0.25, 0.3) is 0 Å². The molecule has 0 radical (unpaired) electrons. The number of rotatable bonds is 5. The summed E-state index contributed by atoms with van der Waals surface area (Å²) in [6.45, 7) is 11.5. The zero-order chi connectivity index (χ0) is 14.9. The van der Waals surface area contributed by atoms with Gasteiger partial charge in [0.2, 0.25) is 0 Å². The lowest BCUT2D eigenvalue weighted by molar-refractivity contribution is 0.0243. The first kappa shape index (κ1) is 15.5. The van der Waals surface area contributed by atoms with E-state index >= 15 is 0 Å². The summed E-state index contributed by atoms with van der Waals surface area (Å²) in [5, 5.41) is 3.60. The molecule has 3 rings (SSSR count). The van der Waals surface area contributed by atoms with E-state index < -0.39 is 0 Å². The lowest BCUT2D eigenvalue weighted by atomic mass is 9.83. The number of nitrogens with zero attached hydrogens (tertiary/aromatic N) is 1. The highest BCUT2D eigenvalue weighted by molar-refractivity contribution is 5.14. The first-order chi connectivity index (χ1) is 10.0. The second-order valence-corrected chi connectivity index (χ2v) is 8.13. The minimum atomic E-state index is 0.343. The van der Waals surface area contributed by atoms with E-state index in [0.717, 1.165) is 25.7 Å². The molecule has 3 heteroatoms. The van der Waals surface area contributed by atoms with Crippen molar-refractivity contribution in [2.45, 2.75) is 71.1 Å². The molecule has 1 aliphatic carbocycles. The Kier molecular flexibility index (Phi) is 4.72. The molecule has 3 aliphatic rings. The molecule has 2 heterocycles. The van der Waals surface area contributed by atoms with Crippen LogP contribution in [0.2, 0.25) is 0 Å². The Morgan fingerprint density at radius 3 is 2.57 bits per heavy atom. The summed E-state index contributed by atoms with van der Waals surface area (Å²) in [6, 6.07) is 0.802. The van der Waals surface area contributed by atoms with Crippen molar-refractivity contribution in [1.29, 1.82) is 0 Å². The summed E-state index contributed by atoms with van der Waals surface area (Å²) >= 11 is 0. The van der Waals surface area contributed by atoms with E-state index in [0.29, 0.717) is 17.6 Å². The summed E-state index contributed by atoms with van der Waals surface area (Å²) in [5.74, 6) is 0. The highest BCUT2D eigenvalue weighted by Crippen LogP contribution is 2.30. The van der Waals surface area contributed by atoms with E-state index in [-0.39, 0.29) is 0 Å². The van der Waals surface area contributed by atoms with Gasteiger partial charge in [-0.1, -0.05) is 32.4 Å². The van der Waals surface area contributed by atoms with Gasteiger partial charge >= 0.3 is 0 Å². The Hall–Kier alpha value is -0.380. The Morgan fingerprint density at radius 1 is 1.19 bits per heavy atom. The van der Waals surface area contributed by atoms with Crippen molar-refractivity contribution in [3.05, 3.63) is 11.6 Å². The van der Waals surface area contributed by atoms with Crippen molar-refractivity contribution >= 4 is 0 Å². The molecule has 3 nitrogen and oxygen atoms in total. The maximum Gasteiger partial charge on any atom is 0.0707 e. The van der Waals surface area contributed by atoms with Crippen LogP contribution < -0.4 is 5.32 Å². The van der Waals surface area contributed by atoms with Gasteiger partial charge in [0.25, 0.3) is 0 Å². The van der Waals surface area contributed by atoms with Crippen LogP contribution in [-0.4, -0.2) is 49.3 Å². The van der Waals surface area contributed by atoms with E-state index in [2.05, 4.69) is 37.1 Å². The zero-order valence-corrected chi connectivity index (χ0v) is 14.0. The van der Waals surface area contributed by atoms with Gasteiger partial charge in [-0.15, -0.1) is 0 Å². The lowest BCUT2D eigenvalue weighted by Crippen LogP contribution is -2.37. The molecule has 2 aliphatic heterocycles. The molecule has 2 unspecified atom stereocenters. The first-order valence-corrected chi connectivity index (χ1v) is 8.81. The van der Waals surface area contributed by atoms with Crippen LogP contribution >= 0.6 is 0 Å². The van der Waals surface area contributed by atoms with Gasteiger partial charge < -0.3 is 10.1 Å². The maximum absolute atomic E-state index is 6.21. The topological polar surface area (TPSA) is 24.5 Å². The SMILES string of the molecule is CC(C)(C)C1=CCN(CC2CCC(CNC3CC3)O2)CC1. The summed E-state index contributed by atoms with van der Waals surface area (Å²) in [5.41, 5.74) is 1.97. The predicted octanol–water partition coefficient (Wildman–Crippen LogP) is 2.96. The van der Waals surface area contributed by atoms with E-state index in [4.69, 9.17) is 4.74 Å². The van der Waals surface area contributed by atoms with Crippen LogP contribution in [-0.2, 0) is 4.74 Å². The largest absolute Gasteiger partial charge is 0.372 e. The zero-order valence-electron chi connectivity index (χ0n) is 14.0. The normalized spacial score (nSPS) is 31.5. The summed E-state index contributed by atoms with van der Waals surface area (Å²) in [6.07, 6.45) is 9.80. The minimum Gasteiger partial charge on any atom is -0.372 e.